The van der Waals surface area contributed by atoms with Crippen LogP contribution in [0.2, 0.25) is 0 Å². The molecule has 2 aromatic rings. The third-order valence-corrected chi connectivity index (χ3v) is 3.19. The Hall–Kier alpha value is -2.23. The van der Waals surface area contributed by atoms with Gasteiger partial charge in [-0.1, -0.05) is 12.1 Å². The fraction of sp³-hybridized carbons (Fsp3) is 0.214. The molecule has 1 aliphatic heterocycles. The summed E-state index contributed by atoms with van der Waals surface area (Å²) in [6.45, 7) is 1.57. The second-order valence-electron chi connectivity index (χ2n) is 4.27. The lowest BCUT2D eigenvalue weighted by molar-refractivity contribution is 0.415. The van der Waals surface area contributed by atoms with Crippen LogP contribution in [0.5, 0.6) is 5.75 Å². The molecule has 0 saturated carbocycles. The molecule has 0 amide bonds. The minimum atomic E-state index is 0.0447. The molecule has 1 aliphatic rings. The van der Waals surface area contributed by atoms with E-state index in [2.05, 4.69) is 5.32 Å². The standard InChI is InChI=1S/C14H14N2O2/c1-18-12-4-2-10(3-5-12)11-8-13-15-6-7-16(13)14(17)9-11/h2-5,8-9,15H,6-7H2,1H3. The molecule has 0 bridgehead atoms. The van der Waals surface area contributed by atoms with E-state index in [9.17, 15) is 4.79 Å². The lowest BCUT2D eigenvalue weighted by Crippen LogP contribution is -2.16. The van der Waals surface area contributed by atoms with E-state index in [4.69, 9.17) is 4.74 Å². The Balaban J connectivity index is 2.06. The molecule has 0 unspecified atom stereocenters. The molecule has 4 heteroatoms. The maximum atomic E-state index is 11.9. The minimum absolute atomic E-state index is 0.0447. The molecule has 0 atom stereocenters. The summed E-state index contributed by atoms with van der Waals surface area (Å²) < 4.78 is 6.88. The largest absolute Gasteiger partial charge is 0.497 e. The van der Waals surface area contributed by atoms with Gasteiger partial charge in [-0.15, -0.1) is 0 Å². The second kappa shape index (κ2) is 4.22. The molecule has 1 aromatic carbocycles. The molecule has 3 rings (SSSR count). The Labute approximate surface area is 105 Å². The number of pyridine rings is 1. The van der Waals surface area contributed by atoms with Gasteiger partial charge in [-0.2, -0.15) is 0 Å². The number of aromatic nitrogens is 1. The number of anilines is 1. The summed E-state index contributed by atoms with van der Waals surface area (Å²) in [6.07, 6.45) is 0. The highest BCUT2D eigenvalue weighted by Crippen LogP contribution is 2.24. The molecule has 0 radical (unpaired) electrons. The monoisotopic (exact) mass is 242 g/mol. The van der Waals surface area contributed by atoms with Gasteiger partial charge in [0.15, 0.2) is 0 Å². The van der Waals surface area contributed by atoms with E-state index in [1.807, 2.05) is 30.3 Å². The summed E-state index contributed by atoms with van der Waals surface area (Å²) >= 11 is 0. The number of nitrogens with zero attached hydrogens (tertiary/aromatic N) is 1. The van der Waals surface area contributed by atoms with Crippen molar-refractivity contribution in [3.63, 3.8) is 0 Å². The van der Waals surface area contributed by atoms with Gasteiger partial charge < -0.3 is 10.1 Å². The first-order valence-corrected chi connectivity index (χ1v) is 5.91. The van der Waals surface area contributed by atoms with Crippen LogP contribution in [0, 0.1) is 0 Å². The number of fused-ring (bicyclic) bond motifs is 1. The van der Waals surface area contributed by atoms with Crippen LogP contribution >= 0.6 is 0 Å². The lowest BCUT2D eigenvalue weighted by Gasteiger charge is -2.07. The quantitative estimate of drug-likeness (QED) is 0.875. The first-order chi connectivity index (χ1) is 8.78. The van der Waals surface area contributed by atoms with Crippen molar-refractivity contribution in [1.29, 1.82) is 0 Å². The number of rotatable bonds is 2. The second-order valence-corrected chi connectivity index (χ2v) is 4.27. The summed E-state index contributed by atoms with van der Waals surface area (Å²) in [7, 11) is 1.64. The van der Waals surface area contributed by atoms with E-state index in [0.717, 1.165) is 35.8 Å². The number of ether oxygens (including phenoxy) is 1. The molecular formula is C14H14N2O2. The third kappa shape index (κ3) is 1.76. The number of nitrogens with one attached hydrogen (secondary N) is 1. The van der Waals surface area contributed by atoms with Crippen molar-refractivity contribution in [2.45, 2.75) is 6.54 Å². The summed E-state index contributed by atoms with van der Waals surface area (Å²) in [5.41, 5.74) is 2.00. The Bertz CT molecular complexity index is 629. The van der Waals surface area contributed by atoms with Gasteiger partial charge in [0.1, 0.15) is 11.6 Å². The van der Waals surface area contributed by atoms with E-state index in [0.29, 0.717) is 0 Å². The molecule has 0 fully saturated rings. The van der Waals surface area contributed by atoms with E-state index < -0.39 is 0 Å². The average Bonchev–Trinajstić information content (AvgIpc) is 2.88. The predicted octanol–water partition coefficient (Wildman–Crippen LogP) is 1.95. The molecule has 1 aromatic heterocycles. The van der Waals surface area contributed by atoms with Crippen LogP contribution in [0.1, 0.15) is 0 Å². The number of benzene rings is 1. The van der Waals surface area contributed by atoms with E-state index in [1.54, 1.807) is 17.7 Å². The first kappa shape index (κ1) is 10.9. The van der Waals surface area contributed by atoms with Crippen molar-refractivity contribution in [2.24, 2.45) is 0 Å². The first-order valence-electron chi connectivity index (χ1n) is 5.91. The average molecular weight is 242 g/mol. The predicted molar refractivity (Wildman–Crippen MR) is 71.2 cm³/mol. The van der Waals surface area contributed by atoms with Gasteiger partial charge in [-0.05, 0) is 29.3 Å². The highest BCUT2D eigenvalue weighted by atomic mass is 16.5. The SMILES string of the molecule is COc1ccc(-c2cc3n(c(=O)c2)CCN3)cc1. The molecule has 4 nitrogen and oxygen atoms in total. The topological polar surface area (TPSA) is 43.3 Å². The van der Waals surface area contributed by atoms with Crippen molar-refractivity contribution in [3.8, 4) is 16.9 Å². The highest BCUT2D eigenvalue weighted by molar-refractivity contribution is 5.67. The summed E-state index contributed by atoms with van der Waals surface area (Å²) in [4.78, 5) is 11.9. The van der Waals surface area contributed by atoms with E-state index in [1.165, 1.54) is 0 Å². The van der Waals surface area contributed by atoms with Gasteiger partial charge in [-0.3, -0.25) is 9.36 Å². The zero-order valence-corrected chi connectivity index (χ0v) is 10.1. The number of methoxy groups -OCH3 is 1. The van der Waals surface area contributed by atoms with Crippen molar-refractivity contribution >= 4 is 5.82 Å². The highest BCUT2D eigenvalue weighted by Gasteiger charge is 2.12. The van der Waals surface area contributed by atoms with Crippen molar-refractivity contribution < 1.29 is 4.74 Å². The Morgan fingerprint density at radius 1 is 1.17 bits per heavy atom. The normalized spacial score (nSPS) is 12.9. The van der Waals surface area contributed by atoms with Gasteiger partial charge in [0.2, 0.25) is 0 Å². The Morgan fingerprint density at radius 3 is 2.67 bits per heavy atom. The van der Waals surface area contributed by atoms with E-state index in [-0.39, 0.29) is 5.56 Å². The van der Waals surface area contributed by atoms with Crippen molar-refractivity contribution in [3.05, 3.63) is 46.8 Å². The summed E-state index contributed by atoms with van der Waals surface area (Å²) in [5.74, 6) is 1.71. The zero-order valence-electron chi connectivity index (χ0n) is 10.1. The maximum Gasteiger partial charge on any atom is 0.252 e. The minimum Gasteiger partial charge on any atom is -0.497 e. The molecule has 1 N–H and O–H groups in total. The lowest BCUT2D eigenvalue weighted by atomic mass is 10.1. The molecular weight excluding hydrogens is 228 g/mol. The maximum absolute atomic E-state index is 11.9. The summed E-state index contributed by atoms with van der Waals surface area (Å²) in [6, 6.07) is 11.4. The number of hydrogen-bond donors (Lipinski definition) is 1. The van der Waals surface area contributed by atoms with Crippen molar-refractivity contribution in [2.75, 3.05) is 19.0 Å². The molecule has 2 heterocycles. The van der Waals surface area contributed by atoms with Crippen LogP contribution in [0.25, 0.3) is 11.1 Å². The van der Waals surface area contributed by atoms with Crippen LogP contribution < -0.4 is 15.6 Å². The molecule has 0 spiro atoms. The third-order valence-electron chi connectivity index (χ3n) is 3.19. The Morgan fingerprint density at radius 2 is 1.94 bits per heavy atom. The van der Waals surface area contributed by atoms with Crippen LogP contribution in [0.4, 0.5) is 5.82 Å². The van der Waals surface area contributed by atoms with Gasteiger partial charge >= 0.3 is 0 Å². The fourth-order valence-electron chi connectivity index (χ4n) is 2.22. The van der Waals surface area contributed by atoms with Gasteiger partial charge in [0, 0.05) is 19.2 Å². The van der Waals surface area contributed by atoms with E-state index >= 15 is 0 Å². The van der Waals surface area contributed by atoms with Crippen LogP contribution in [0.3, 0.4) is 0 Å². The molecule has 92 valence electrons. The van der Waals surface area contributed by atoms with Gasteiger partial charge in [-0.25, -0.2) is 0 Å². The number of hydrogen-bond acceptors (Lipinski definition) is 3. The van der Waals surface area contributed by atoms with Gasteiger partial charge in [0.25, 0.3) is 5.56 Å². The van der Waals surface area contributed by atoms with Gasteiger partial charge in [0.05, 0.1) is 7.11 Å². The van der Waals surface area contributed by atoms with Crippen molar-refractivity contribution in [1.82, 2.24) is 4.57 Å². The molecule has 18 heavy (non-hydrogen) atoms. The molecule has 0 saturated heterocycles. The van der Waals surface area contributed by atoms with Crippen LogP contribution in [0.15, 0.2) is 41.2 Å². The van der Waals surface area contributed by atoms with Crippen LogP contribution in [-0.2, 0) is 6.54 Å². The summed E-state index contributed by atoms with van der Waals surface area (Å²) in [5, 5.41) is 3.21. The molecule has 0 aliphatic carbocycles. The Kier molecular flexibility index (Phi) is 2.55. The zero-order chi connectivity index (χ0) is 12.5. The van der Waals surface area contributed by atoms with Crippen LogP contribution in [-0.4, -0.2) is 18.2 Å². The fourth-order valence-corrected chi connectivity index (χ4v) is 2.22. The smallest absolute Gasteiger partial charge is 0.252 e.